The van der Waals surface area contributed by atoms with Gasteiger partial charge < -0.3 is 15.5 Å². The van der Waals surface area contributed by atoms with Gasteiger partial charge in [0, 0.05) is 18.8 Å². The summed E-state index contributed by atoms with van der Waals surface area (Å²) in [5.74, 6) is 0.468. The highest BCUT2D eigenvalue weighted by molar-refractivity contribution is 5.90. The van der Waals surface area contributed by atoms with E-state index in [1.54, 1.807) is 4.90 Å². The van der Waals surface area contributed by atoms with E-state index in [0.29, 0.717) is 19.0 Å². The Balaban J connectivity index is 1.53. The van der Waals surface area contributed by atoms with Gasteiger partial charge in [0.25, 0.3) is 0 Å². The number of nitrogens with one attached hydrogen (secondary N) is 2. The second-order valence-corrected chi connectivity index (χ2v) is 8.65. The van der Waals surface area contributed by atoms with Crippen molar-refractivity contribution in [3.8, 4) is 0 Å². The van der Waals surface area contributed by atoms with Gasteiger partial charge >= 0.3 is 6.03 Å². The van der Waals surface area contributed by atoms with E-state index in [1.165, 1.54) is 5.56 Å². The SMILES string of the molecule is CC(C)Cc1ccc([C@@H](C)NC(=O)[C@@H]2CCCN(C(=O)Nc3ccccc3)C2)cc1. The summed E-state index contributed by atoms with van der Waals surface area (Å²) in [6.45, 7) is 7.56. The molecule has 0 bridgehead atoms. The lowest BCUT2D eigenvalue weighted by Gasteiger charge is -2.32. The van der Waals surface area contributed by atoms with Crippen molar-refractivity contribution in [2.75, 3.05) is 18.4 Å². The van der Waals surface area contributed by atoms with Gasteiger partial charge in [0.2, 0.25) is 5.91 Å². The predicted octanol–water partition coefficient (Wildman–Crippen LogP) is 5.01. The average molecular weight is 408 g/mol. The molecule has 0 aliphatic carbocycles. The van der Waals surface area contributed by atoms with Crippen molar-refractivity contribution in [2.24, 2.45) is 11.8 Å². The summed E-state index contributed by atoms with van der Waals surface area (Å²) in [4.78, 5) is 27.2. The number of benzene rings is 2. The van der Waals surface area contributed by atoms with Crippen molar-refractivity contribution in [1.82, 2.24) is 10.2 Å². The van der Waals surface area contributed by atoms with Gasteiger partial charge in [0.1, 0.15) is 0 Å². The van der Waals surface area contributed by atoms with Crippen molar-refractivity contribution < 1.29 is 9.59 Å². The van der Waals surface area contributed by atoms with Crippen LogP contribution in [0.4, 0.5) is 10.5 Å². The van der Waals surface area contributed by atoms with Gasteiger partial charge in [-0.25, -0.2) is 4.79 Å². The zero-order chi connectivity index (χ0) is 21.5. The topological polar surface area (TPSA) is 61.4 Å². The Labute approximate surface area is 179 Å². The maximum Gasteiger partial charge on any atom is 0.321 e. The third-order valence-corrected chi connectivity index (χ3v) is 5.59. The van der Waals surface area contributed by atoms with E-state index in [2.05, 4.69) is 48.7 Å². The Kier molecular flexibility index (Phi) is 7.50. The summed E-state index contributed by atoms with van der Waals surface area (Å²) in [5.41, 5.74) is 3.19. The number of hydrogen-bond donors (Lipinski definition) is 2. The number of para-hydroxylation sites is 1. The van der Waals surface area contributed by atoms with E-state index < -0.39 is 0 Å². The van der Waals surface area contributed by atoms with Gasteiger partial charge in [-0.15, -0.1) is 0 Å². The molecule has 1 aliphatic rings. The van der Waals surface area contributed by atoms with Crippen LogP contribution in [-0.2, 0) is 11.2 Å². The number of carbonyl (C=O) groups excluding carboxylic acids is 2. The van der Waals surface area contributed by atoms with Gasteiger partial charge in [-0.05, 0) is 55.4 Å². The van der Waals surface area contributed by atoms with Crippen LogP contribution in [0.2, 0.25) is 0 Å². The number of rotatable bonds is 6. The largest absolute Gasteiger partial charge is 0.349 e. The van der Waals surface area contributed by atoms with Gasteiger partial charge in [-0.1, -0.05) is 56.3 Å². The van der Waals surface area contributed by atoms with Crippen molar-refractivity contribution in [3.63, 3.8) is 0 Å². The summed E-state index contributed by atoms with van der Waals surface area (Å²) in [7, 11) is 0. The van der Waals surface area contributed by atoms with Crippen molar-refractivity contribution in [2.45, 2.75) is 46.1 Å². The first kappa shape index (κ1) is 21.9. The number of piperidine rings is 1. The molecule has 1 heterocycles. The van der Waals surface area contributed by atoms with Crippen molar-refractivity contribution in [1.29, 1.82) is 0 Å². The third kappa shape index (κ3) is 6.09. The maximum atomic E-state index is 12.9. The van der Waals surface area contributed by atoms with Gasteiger partial charge in [0.05, 0.1) is 12.0 Å². The normalized spacial score (nSPS) is 17.5. The summed E-state index contributed by atoms with van der Waals surface area (Å²) in [6.07, 6.45) is 2.70. The third-order valence-electron chi connectivity index (χ3n) is 5.59. The standard InChI is InChI=1S/C25H33N3O2/c1-18(2)16-20-11-13-21(14-12-20)19(3)26-24(29)22-8-7-15-28(17-22)25(30)27-23-9-5-4-6-10-23/h4-6,9-14,18-19,22H,7-8,15-17H2,1-3H3,(H,26,29)(H,27,30)/t19-,22-/m1/s1. The quantitative estimate of drug-likeness (QED) is 0.707. The smallest absolute Gasteiger partial charge is 0.321 e. The minimum Gasteiger partial charge on any atom is -0.349 e. The van der Waals surface area contributed by atoms with Crippen LogP contribution < -0.4 is 10.6 Å². The van der Waals surface area contributed by atoms with Crippen molar-refractivity contribution >= 4 is 17.6 Å². The van der Waals surface area contributed by atoms with Crippen LogP contribution in [0.1, 0.15) is 50.8 Å². The highest BCUT2D eigenvalue weighted by Gasteiger charge is 2.29. The first-order chi connectivity index (χ1) is 14.4. The fraction of sp³-hybridized carbons (Fsp3) is 0.440. The lowest BCUT2D eigenvalue weighted by Crippen LogP contribution is -2.47. The number of nitrogens with zero attached hydrogens (tertiary/aromatic N) is 1. The monoisotopic (exact) mass is 407 g/mol. The molecule has 0 unspecified atom stereocenters. The molecule has 0 saturated carbocycles. The summed E-state index contributed by atoms with van der Waals surface area (Å²) in [5, 5.41) is 6.05. The van der Waals surface area contributed by atoms with Gasteiger partial charge in [-0.2, -0.15) is 0 Å². The van der Waals surface area contributed by atoms with Crippen LogP contribution in [0, 0.1) is 11.8 Å². The molecule has 5 nitrogen and oxygen atoms in total. The van der Waals surface area contributed by atoms with E-state index >= 15 is 0 Å². The highest BCUT2D eigenvalue weighted by atomic mass is 16.2. The summed E-state index contributed by atoms with van der Waals surface area (Å²) in [6, 6.07) is 17.7. The Morgan fingerprint density at radius 1 is 1.03 bits per heavy atom. The predicted molar refractivity (Wildman–Crippen MR) is 121 cm³/mol. The molecule has 2 aromatic carbocycles. The molecule has 1 saturated heterocycles. The number of hydrogen-bond acceptors (Lipinski definition) is 2. The first-order valence-corrected chi connectivity index (χ1v) is 10.9. The number of amides is 3. The van der Waals surface area contributed by atoms with Crippen LogP contribution in [0.25, 0.3) is 0 Å². The zero-order valence-corrected chi connectivity index (χ0v) is 18.2. The Bertz CT molecular complexity index is 833. The Morgan fingerprint density at radius 3 is 2.40 bits per heavy atom. The van der Waals surface area contributed by atoms with Gasteiger partial charge in [-0.3, -0.25) is 4.79 Å². The van der Waals surface area contributed by atoms with Crippen LogP contribution in [0.15, 0.2) is 54.6 Å². The molecule has 0 spiro atoms. The fourth-order valence-corrected chi connectivity index (χ4v) is 3.93. The molecule has 3 amide bonds. The van der Waals surface area contributed by atoms with E-state index in [1.807, 2.05) is 37.3 Å². The molecule has 30 heavy (non-hydrogen) atoms. The van der Waals surface area contributed by atoms with Crippen LogP contribution in [-0.4, -0.2) is 29.9 Å². The second-order valence-electron chi connectivity index (χ2n) is 8.65. The molecule has 3 rings (SSSR count). The number of carbonyl (C=O) groups is 2. The molecule has 2 N–H and O–H groups in total. The lowest BCUT2D eigenvalue weighted by molar-refractivity contribution is -0.126. The molecule has 5 heteroatoms. The van der Waals surface area contributed by atoms with Crippen LogP contribution in [0.3, 0.4) is 0 Å². The average Bonchev–Trinajstić information content (AvgIpc) is 2.74. The fourth-order valence-electron chi connectivity index (χ4n) is 3.93. The summed E-state index contributed by atoms with van der Waals surface area (Å²) >= 11 is 0. The molecule has 1 aliphatic heterocycles. The van der Waals surface area contributed by atoms with E-state index in [-0.39, 0.29) is 23.9 Å². The van der Waals surface area contributed by atoms with E-state index in [4.69, 9.17) is 0 Å². The zero-order valence-electron chi connectivity index (χ0n) is 18.2. The molecule has 160 valence electrons. The molecule has 1 fully saturated rings. The number of anilines is 1. The van der Waals surface area contributed by atoms with Crippen LogP contribution >= 0.6 is 0 Å². The lowest BCUT2D eigenvalue weighted by atomic mass is 9.96. The second kappa shape index (κ2) is 10.3. The molecule has 0 aromatic heterocycles. The highest BCUT2D eigenvalue weighted by Crippen LogP contribution is 2.21. The molecule has 2 atom stereocenters. The van der Waals surface area contributed by atoms with E-state index in [9.17, 15) is 9.59 Å². The maximum absolute atomic E-state index is 12.9. The van der Waals surface area contributed by atoms with Crippen LogP contribution in [0.5, 0.6) is 0 Å². The van der Waals surface area contributed by atoms with Gasteiger partial charge in [0.15, 0.2) is 0 Å². The minimum atomic E-state index is -0.178. The summed E-state index contributed by atoms with van der Waals surface area (Å²) < 4.78 is 0. The minimum absolute atomic E-state index is 0.0194. The Hall–Kier alpha value is -2.82. The number of likely N-dealkylation sites (tertiary alicyclic amines) is 1. The molecular formula is C25H33N3O2. The molecule has 0 radical (unpaired) electrons. The molecule has 2 aromatic rings. The Morgan fingerprint density at radius 2 is 1.73 bits per heavy atom. The molecular weight excluding hydrogens is 374 g/mol. The first-order valence-electron chi connectivity index (χ1n) is 10.9. The van der Waals surface area contributed by atoms with Crippen molar-refractivity contribution in [3.05, 3.63) is 65.7 Å². The number of urea groups is 1. The van der Waals surface area contributed by atoms with E-state index in [0.717, 1.165) is 30.5 Å².